The second kappa shape index (κ2) is 11.8. The monoisotopic (exact) mass is 632 g/mol. The van der Waals surface area contributed by atoms with Crippen molar-refractivity contribution in [3.05, 3.63) is 83.9 Å². The summed E-state index contributed by atoms with van der Waals surface area (Å²) in [6, 6.07) is 8.28. The van der Waals surface area contributed by atoms with Gasteiger partial charge in [0.25, 0.3) is 0 Å². The zero-order valence-corrected chi connectivity index (χ0v) is 25.2. The number of benzene rings is 2. The lowest BCUT2D eigenvalue weighted by molar-refractivity contribution is -0.117. The molecule has 6 rings (SSSR count). The van der Waals surface area contributed by atoms with Crippen LogP contribution in [0.5, 0.6) is 5.75 Å². The van der Waals surface area contributed by atoms with Gasteiger partial charge in [-0.2, -0.15) is 5.10 Å². The Morgan fingerprint density at radius 1 is 1.16 bits per heavy atom. The van der Waals surface area contributed by atoms with Gasteiger partial charge in [-0.3, -0.25) is 9.89 Å². The number of imidazole rings is 1. The van der Waals surface area contributed by atoms with E-state index in [-0.39, 0.29) is 40.3 Å². The first-order valence-corrected chi connectivity index (χ1v) is 14.7. The predicted octanol–water partition coefficient (Wildman–Crippen LogP) is 6.45. The molecule has 2 aromatic carbocycles. The van der Waals surface area contributed by atoms with E-state index < -0.39 is 35.5 Å². The smallest absolute Gasteiger partial charge is 0.243 e. The number of fused-ring (bicyclic) bond motifs is 2. The number of aromatic amines is 1. The molecule has 0 aliphatic rings. The summed E-state index contributed by atoms with van der Waals surface area (Å²) >= 11 is 1.09. The number of thiophene rings is 1. The highest BCUT2D eigenvalue weighted by Gasteiger charge is 2.29. The third-order valence-electron chi connectivity index (χ3n) is 7.27. The van der Waals surface area contributed by atoms with Crippen molar-refractivity contribution >= 4 is 38.4 Å². The molecule has 4 aromatic heterocycles. The van der Waals surface area contributed by atoms with Gasteiger partial charge in [-0.25, -0.2) is 23.1 Å². The second-order valence-electron chi connectivity index (χ2n) is 10.6. The topological polar surface area (TPSA) is 118 Å². The molecule has 6 aromatic rings. The van der Waals surface area contributed by atoms with E-state index in [2.05, 4.69) is 27.1 Å². The van der Waals surface area contributed by atoms with Crippen LogP contribution in [-0.2, 0) is 11.8 Å². The van der Waals surface area contributed by atoms with Crippen LogP contribution in [-0.4, -0.2) is 48.5 Å². The van der Waals surface area contributed by atoms with Crippen LogP contribution in [0, 0.1) is 17.5 Å². The van der Waals surface area contributed by atoms with Crippen LogP contribution in [0.15, 0.2) is 60.8 Å². The Morgan fingerprint density at radius 3 is 2.71 bits per heavy atom. The highest BCUT2D eigenvalue weighted by Crippen LogP contribution is 2.48. The lowest BCUT2D eigenvalue weighted by atomic mass is 9.94. The molecule has 3 N–H and O–H groups in total. The number of aliphatic hydroxyl groups excluding tert-OH is 1. The molecule has 0 saturated heterocycles. The molecule has 0 radical (unpaired) electrons. The van der Waals surface area contributed by atoms with Crippen molar-refractivity contribution < 1.29 is 27.8 Å². The molecule has 0 aliphatic carbocycles. The maximum Gasteiger partial charge on any atom is 0.243 e. The molecule has 1 amide bonds. The highest BCUT2D eigenvalue weighted by molar-refractivity contribution is 7.17. The number of carbonyl (C=O) groups is 1. The molecular weight excluding hydrogens is 605 g/mol. The number of pyridine rings is 1. The van der Waals surface area contributed by atoms with Crippen molar-refractivity contribution in [1.82, 2.24) is 30.0 Å². The van der Waals surface area contributed by atoms with Crippen molar-refractivity contribution in [3.63, 3.8) is 0 Å². The third kappa shape index (κ3) is 5.56. The fraction of sp³-hybridized carbons (Fsp3) is 0.188. The van der Waals surface area contributed by atoms with Crippen molar-refractivity contribution in [1.29, 1.82) is 0 Å². The molecule has 9 nitrogen and oxygen atoms in total. The molecule has 0 unspecified atom stereocenters. The van der Waals surface area contributed by atoms with Gasteiger partial charge >= 0.3 is 0 Å². The Bertz CT molecular complexity index is 2100. The van der Waals surface area contributed by atoms with Crippen molar-refractivity contribution in [2.75, 3.05) is 6.61 Å². The van der Waals surface area contributed by atoms with Crippen LogP contribution < -0.4 is 10.1 Å². The molecule has 0 saturated carbocycles. The minimum atomic E-state index is -1.02. The van der Waals surface area contributed by atoms with Gasteiger partial charge in [0.05, 0.1) is 51.2 Å². The molecule has 2 atom stereocenters. The van der Waals surface area contributed by atoms with Gasteiger partial charge in [-0.05, 0) is 38.1 Å². The summed E-state index contributed by atoms with van der Waals surface area (Å²) in [6.07, 6.45) is 1.86. The van der Waals surface area contributed by atoms with Gasteiger partial charge in [-0.1, -0.05) is 12.6 Å². The summed E-state index contributed by atoms with van der Waals surface area (Å²) in [5, 5.41) is 21.2. The number of rotatable bonds is 9. The Hall–Kier alpha value is -5.01. The van der Waals surface area contributed by atoms with E-state index in [1.165, 1.54) is 12.3 Å². The number of H-pyrrole nitrogens is 1. The maximum atomic E-state index is 15.9. The summed E-state index contributed by atoms with van der Waals surface area (Å²) < 4.78 is 54.2. The first-order valence-electron chi connectivity index (χ1n) is 13.9. The first kappa shape index (κ1) is 30.0. The largest absolute Gasteiger partial charge is 0.490 e. The fourth-order valence-corrected chi connectivity index (χ4v) is 6.07. The number of hydrogen-bond acceptors (Lipinski definition) is 7. The summed E-state index contributed by atoms with van der Waals surface area (Å²) in [4.78, 5) is 21.3. The SMILES string of the molecule is C=CC(=O)N[C@@H](C)c1cc(-c2nc(-c3ccc4c(c3)ncn4C)c3scc(F)c3c2-c2c(F)cc(F)cc2OC[C@@H](C)O)n[nH]1. The second-order valence-corrected chi connectivity index (χ2v) is 11.5. The zero-order valence-electron chi connectivity index (χ0n) is 24.4. The predicted molar refractivity (Wildman–Crippen MR) is 166 cm³/mol. The van der Waals surface area contributed by atoms with E-state index in [0.29, 0.717) is 33.2 Å². The Morgan fingerprint density at radius 2 is 1.96 bits per heavy atom. The summed E-state index contributed by atoms with van der Waals surface area (Å²) in [6.45, 7) is 6.38. The number of ether oxygens (including phenoxy) is 1. The number of amides is 1. The summed E-state index contributed by atoms with van der Waals surface area (Å²) in [5.41, 5.74) is 3.12. The van der Waals surface area contributed by atoms with Crippen LogP contribution in [0.1, 0.15) is 25.6 Å². The maximum absolute atomic E-state index is 15.9. The van der Waals surface area contributed by atoms with Gasteiger partial charge in [0.1, 0.15) is 41.2 Å². The van der Waals surface area contributed by atoms with Gasteiger partial charge in [0.15, 0.2) is 0 Å². The minimum absolute atomic E-state index is 0.00895. The number of aliphatic hydroxyl groups is 1. The van der Waals surface area contributed by atoms with Gasteiger partial charge in [0.2, 0.25) is 5.91 Å². The fourth-order valence-electron chi connectivity index (χ4n) is 5.14. The molecule has 13 heteroatoms. The number of aryl methyl sites for hydroxylation is 1. The molecule has 0 spiro atoms. The summed E-state index contributed by atoms with van der Waals surface area (Å²) in [7, 11) is 1.87. The van der Waals surface area contributed by atoms with Crippen LogP contribution in [0.4, 0.5) is 13.2 Å². The molecule has 0 fully saturated rings. The summed E-state index contributed by atoms with van der Waals surface area (Å²) in [5.74, 6) is -3.23. The van der Waals surface area contributed by atoms with E-state index in [9.17, 15) is 14.3 Å². The van der Waals surface area contributed by atoms with Crippen LogP contribution in [0.3, 0.4) is 0 Å². The number of halogens is 3. The Labute approximate surface area is 259 Å². The molecular formula is C32H27F3N6O3S. The van der Waals surface area contributed by atoms with Crippen molar-refractivity contribution in [2.45, 2.75) is 26.0 Å². The number of carbonyl (C=O) groups excluding carboxylic acids is 1. The number of aromatic nitrogens is 5. The Kier molecular flexibility index (Phi) is 7.89. The molecule has 45 heavy (non-hydrogen) atoms. The number of hydrogen-bond donors (Lipinski definition) is 3. The van der Waals surface area contributed by atoms with E-state index in [4.69, 9.17) is 9.72 Å². The van der Waals surface area contributed by atoms with Crippen LogP contribution >= 0.6 is 11.3 Å². The minimum Gasteiger partial charge on any atom is -0.490 e. The third-order valence-corrected chi connectivity index (χ3v) is 8.23. The van der Waals surface area contributed by atoms with Crippen molar-refractivity contribution in [3.8, 4) is 39.5 Å². The van der Waals surface area contributed by atoms with Crippen LogP contribution in [0.25, 0.3) is 54.9 Å². The molecule has 230 valence electrons. The molecule has 4 heterocycles. The van der Waals surface area contributed by atoms with E-state index >= 15 is 8.78 Å². The average Bonchev–Trinajstić information content (AvgIpc) is 3.74. The Balaban J connectivity index is 1.66. The highest BCUT2D eigenvalue weighted by atomic mass is 32.1. The van der Waals surface area contributed by atoms with E-state index in [0.717, 1.165) is 29.0 Å². The molecule has 0 bridgehead atoms. The number of nitrogens with zero attached hydrogens (tertiary/aromatic N) is 4. The van der Waals surface area contributed by atoms with Crippen LogP contribution in [0.2, 0.25) is 0 Å². The number of nitrogens with one attached hydrogen (secondary N) is 2. The average molecular weight is 633 g/mol. The molecule has 0 aliphatic heterocycles. The van der Waals surface area contributed by atoms with Gasteiger partial charge in [0, 0.05) is 41.1 Å². The van der Waals surface area contributed by atoms with Crippen molar-refractivity contribution in [2.24, 2.45) is 7.05 Å². The zero-order chi connectivity index (χ0) is 32.0. The van der Waals surface area contributed by atoms with Gasteiger partial charge < -0.3 is 19.7 Å². The van der Waals surface area contributed by atoms with Gasteiger partial charge in [-0.15, -0.1) is 11.3 Å². The van der Waals surface area contributed by atoms with E-state index in [1.54, 1.807) is 19.3 Å². The standard InChI is InChI=1S/C32H27F3N6O3S/c1-5-26(43)37-16(3)21-11-23(40-39-21)31-29(27-19(34)9-18(33)10-25(27)44-12-15(2)42)28-20(35)13-45-32(28)30(38-31)17-6-7-24-22(8-17)36-14-41(24)4/h5-11,13-16,42H,1,12H2,2-4H3,(H,37,43)(H,39,40)/t15-,16+/m1/s1. The lowest BCUT2D eigenvalue weighted by Gasteiger charge is -2.18. The lowest BCUT2D eigenvalue weighted by Crippen LogP contribution is -2.24. The quantitative estimate of drug-likeness (QED) is 0.158. The first-order chi connectivity index (χ1) is 21.5. The van der Waals surface area contributed by atoms with E-state index in [1.807, 2.05) is 29.8 Å². The normalized spacial score (nSPS) is 12.9.